The van der Waals surface area contributed by atoms with Crippen LogP contribution in [0, 0.1) is 5.92 Å². The van der Waals surface area contributed by atoms with Crippen LogP contribution in [0.2, 0.25) is 0 Å². The number of hydrogen-bond acceptors (Lipinski definition) is 4. The lowest BCUT2D eigenvalue weighted by molar-refractivity contribution is -0.133. The van der Waals surface area contributed by atoms with Crippen molar-refractivity contribution in [2.24, 2.45) is 5.92 Å². The Hall–Kier alpha value is -1.01. The van der Waals surface area contributed by atoms with Crippen LogP contribution in [-0.2, 0) is 16.0 Å². The van der Waals surface area contributed by atoms with Gasteiger partial charge >= 0.3 is 5.97 Å². The molecular formula is C14H17NO3S2. The summed E-state index contributed by atoms with van der Waals surface area (Å²) in [5, 5.41) is 10.8. The van der Waals surface area contributed by atoms with Gasteiger partial charge < -0.3 is 10.0 Å². The van der Waals surface area contributed by atoms with E-state index < -0.39 is 5.97 Å². The zero-order chi connectivity index (χ0) is 14.1. The number of hydrogen-bond donors (Lipinski definition) is 1. The maximum atomic E-state index is 12.4. The molecule has 1 fully saturated rings. The molecule has 1 atom stereocenters. The lowest BCUT2D eigenvalue weighted by Crippen LogP contribution is -2.41. The highest BCUT2D eigenvalue weighted by atomic mass is 32.2. The maximum absolute atomic E-state index is 12.4. The summed E-state index contributed by atoms with van der Waals surface area (Å²) in [7, 11) is 0. The third kappa shape index (κ3) is 2.86. The first-order valence-corrected chi connectivity index (χ1v) is 8.85. The number of rotatable bonds is 5. The van der Waals surface area contributed by atoms with E-state index >= 15 is 0 Å². The van der Waals surface area contributed by atoms with Crippen molar-refractivity contribution in [2.75, 3.05) is 18.1 Å². The Morgan fingerprint density at radius 2 is 2.20 bits per heavy atom. The third-order valence-corrected chi connectivity index (χ3v) is 5.75. The first-order valence-electron chi connectivity index (χ1n) is 6.82. The fourth-order valence-electron chi connectivity index (χ4n) is 2.85. The second-order valence-electron chi connectivity index (χ2n) is 5.31. The first kappa shape index (κ1) is 13.9. The third-order valence-electron chi connectivity index (χ3n) is 3.85. The predicted octanol–water partition coefficient (Wildman–Crippen LogP) is 2.40. The molecule has 2 heterocycles. The van der Waals surface area contributed by atoms with E-state index in [4.69, 9.17) is 5.11 Å². The topological polar surface area (TPSA) is 57.6 Å². The summed E-state index contributed by atoms with van der Waals surface area (Å²) in [6.07, 6.45) is 3.34. The van der Waals surface area contributed by atoms with Gasteiger partial charge in [-0.1, -0.05) is 0 Å². The van der Waals surface area contributed by atoms with Crippen molar-refractivity contribution in [1.29, 1.82) is 0 Å². The van der Waals surface area contributed by atoms with Gasteiger partial charge in [-0.3, -0.25) is 9.59 Å². The second kappa shape index (κ2) is 5.77. The van der Waals surface area contributed by atoms with Gasteiger partial charge in [0.1, 0.15) is 0 Å². The highest BCUT2D eigenvalue weighted by Gasteiger charge is 2.41. The summed E-state index contributed by atoms with van der Waals surface area (Å²) in [6.45, 7) is 0.779. The van der Waals surface area contributed by atoms with E-state index in [1.165, 1.54) is 35.0 Å². The van der Waals surface area contributed by atoms with Crippen molar-refractivity contribution in [3.8, 4) is 0 Å². The molecule has 1 N–H and O–H groups in total. The molecule has 1 aliphatic carbocycles. The molecule has 6 heteroatoms. The van der Waals surface area contributed by atoms with E-state index in [0.717, 1.165) is 13.0 Å². The number of carboxylic acid groups (broad SMARTS) is 1. The minimum absolute atomic E-state index is 0.00260. The fourth-order valence-corrected chi connectivity index (χ4v) is 4.39. The van der Waals surface area contributed by atoms with E-state index in [1.807, 2.05) is 4.90 Å². The molecule has 0 spiro atoms. The van der Waals surface area contributed by atoms with Crippen LogP contribution in [0.15, 0.2) is 11.4 Å². The van der Waals surface area contributed by atoms with Crippen molar-refractivity contribution in [2.45, 2.75) is 25.3 Å². The molecule has 2 aliphatic rings. The van der Waals surface area contributed by atoms with E-state index in [2.05, 4.69) is 11.4 Å². The van der Waals surface area contributed by atoms with Crippen molar-refractivity contribution < 1.29 is 14.7 Å². The molecule has 20 heavy (non-hydrogen) atoms. The monoisotopic (exact) mass is 311 g/mol. The summed E-state index contributed by atoms with van der Waals surface area (Å²) in [4.78, 5) is 26.3. The Morgan fingerprint density at radius 3 is 2.90 bits per heavy atom. The van der Waals surface area contributed by atoms with Gasteiger partial charge in [-0.25, -0.2) is 0 Å². The molecular weight excluding hydrogens is 294 g/mol. The molecule has 0 bridgehead atoms. The molecule has 0 aromatic carbocycles. The van der Waals surface area contributed by atoms with E-state index in [9.17, 15) is 9.59 Å². The van der Waals surface area contributed by atoms with Gasteiger partial charge in [0.2, 0.25) is 5.91 Å². The van der Waals surface area contributed by atoms with Gasteiger partial charge in [-0.2, -0.15) is 0 Å². The summed E-state index contributed by atoms with van der Waals surface area (Å²) < 4.78 is 0. The van der Waals surface area contributed by atoms with E-state index in [1.54, 1.807) is 11.3 Å². The zero-order valence-corrected chi connectivity index (χ0v) is 12.7. The van der Waals surface area contributed by atoms with Crippen molar-refractivity contribution in [3.63, 3.8) is 0 Å². The van der Waals surface area contributed by atoms with Crippen molar-refractivity contribution in [1.82, 2.24) is 4.90 Å². The van der Waals surface area contributed by atoms with Gasteiger partial charge in [-0.15, -0.1) is 23.1 Å². The Bertz CT molecular complexity index is 524. The Kier molecular flexibility index (Phi) is 4.03. The number of thioether (sulfide) groups is 1. The second-order valence-corrected chi connectivity index (χ2v) is 7.29. The number of carboxylic acids is 1. The average molecular weight is 311 g/mol. The van der Waals surface area contributed by atoms with Crippen molar-refractivity contribution in [3.05, 3.63) is 21.9 Å². The average Bonchev–Trinajstić information content (AvgIpc) is 3.13. The number of thiophene rings is 1. The van der Waals surface area contributed by atoms with Crippen LogP contribution in [0.25, 0.3) is 0 Å². The largest absolute Gasteiger partial charge is 0.481 e. The first-order chi connectivity index (χ1) is 9.66. The number of carbonyl (C=O) groups is 2. The predicted molar refractivity (Wildman–Crippen MR) is 80.2 cm³/mol. The van der Waals surface area contributed by atoms with Crippen molar-refractivity contribution >= 4 is 35.0 Å². The molecule has 1 unspecified atom stereocenters. The number of aliphatic carboxylic acids is 1. The highest BCUT2D eigenvalue weighted by molar-refractivity contribution is 8.00. The van der Waals surface area contributed by atoms with Crippen LogP contribution >= 0.6 is 23.1 Å². The summed E-state index contributed by atoms with van der Waals surface area (Å²) >= 11 is 2.98. The van der Waals surface area contributed by atoms with Gasteiger partial charge in [-0.05, 0) is 42.2 Å². The Morgan fingerprint density at radius 1 is 1.40 bits per heavy atom. The van der Waals surface area contributed by atoms with Crippen LogP contribution in [0.3, 0.4) is 0 Å². The van der Waals surface area contributed by atoms with Crippen LogP contribution in [-0.4, -0.2) is 39.9 Å². The summed E-state index contributed by atoms with van der Waals surface area (Å²) in [6, 6.07) is 2.40. The van der Waals surface area contributed by atoms with E-state index in [-0.39, 0.29) is 23.5 Å². The highest BCUT2D eigenvalue weighted by Crippen LogP contribution is 2.48. The van der Waals surface area contributed by atoms with Gasteiger partial charge in [0, 0.05) is 11.4 Å². The number of amides is 1. The lowest BCUT2D eigenvalue weighted by atomic mass is 9.96. The molecule has 1 amide bonds. The molecule has 1 aliphatic heterocycles. The van der Waals surface area contributed by atoms with Crippen LogP contribution < -0.4 is 0 Å². The van der Waals surface area contributed by atoms with Crippen LogP contribution in [0.1, 0.15) is 29.3 Å². The smallest absolute Gasteiger partial charge is 0.313 e. The van der Waals surface area contributed by atoms with Crippen LogP contribution in [0.5, 0.6) is 0 Å². The summed E-state index contributed by atoms with van der Waals surface area (Å²) in [5.74, 6) is 0.106. The van der Waals surface area contributed by atoms with Crippen LogP contribution in [0.4, 0.5) is 0 Å². The number of nitrogens with zero attached hydrogens (tertiary/aromatic N) is 1. The molecule has 0 radical (unpaired) electrons. The molecule has 0 saturated heterocycles. The summed E-state index contributed by atoms with van der Waals surface area (Å²) in [5.41, 5.74) is 1.33. The zero-order valence-electron chi connectivity index (χ0n) is 11.1. The SMILES string of the molecule is O=C(O)CSCC(=O)N1CCc2sccc2C1C1CC1. The molecule has 1 aromatic rings. The molecule has 4 nitrogen and oxygen atoms in total. The quantitative estimate of drug-likeness (QED) is 0.907. The molecule has 1 saturated carbocycles. The lowest BCUT2D eigenvalue weighted by Gasteiger charge is -2.36. The molecule has 1 aromatic heterocycles. The minimum Gasteiger partial charge on any atom is -0.481 e. The minimum atomic E-state index is -0.861. The van der Waals surface area contributed by atoms with Gasteiger partial charge in [0.15, 0.2) is 0 Å². The molecule has 3 rings (SSSR count). The number of carbonyl (C=O) groups excluding carboxylic acids is 1. The Balaban J connectivity index is 1.69. The maximum Gasteiger partial charge on any atom is 0.313 e. The van der Waals surface area contributed by atoms with E-state index in [0.29, 0.717) is 5.92 Å². The number of fused-ring (bicyclic) bond motifs is 1. The Labute approximate surface area is 126 Å². The normalized spacial score (nSPS) is 21.6. The van der Waals surface area contributed by atoms with Gasteiger partial charge in [0.25, 0.3) is 0 Å². The molecule has 108 valence electrons. The fraction of sp³-hybridized carbons (Fsp3) is 0.571. The standard InChI is InChI=1S/C14H17NO3S2/c16-12(7-19-8-13(17)18)15-5-3-11-10(4-6-20-11)14(15)9-1-2-9/h4,6,9,14H,1-3,5,7-8H2,(H,17,18). The van der Waals surface area contributed by atoms with Gasteiger partial charge in [0.05, 0.1) is 17.5 Å².